The molecule has 0 aliphatic carbocycles. The molecule has 34 heavy (non-hydrogen) atoms. The fourth-order valence-electron chi connectivity index (χ4n) is 2.97. The van der Waals surface area contributed by atoms with Gasteiger partial charge in [0.05, 0.1) is 12.1 Å². The van der Waals surface area contributed by atoms with Crippen LogP contribution in [-0.2, 0) is 19.2 Å². The van der Waals surface area contributed by atoms with Crippen LogP contribution in [-0.4, -0.2) is 76.7 Å². The van der Waals surface area contributed by atoms with Gasteiger partial charge in [-0.2, -0.15) is 0 Å². The average Bonchev–Trinajstić information content (AvgIpc) is 2.75. The number of hydrogen-bond donors (Lipinski definition) is 8. The molecule has 0 aliphatic heterocycles. The largest absolute Gasteiger partial charge is 0.480 e. The molecule has 0 aromatic heterocycles. The van der Waals surface area contributed by atoms with Gasteiger partial charge in [-0.25, -0.2) is 4.79 Å². The van der Waals surface area contributed by atoms with E-state index in [2.05, 4.69) is 20.9 Å². The van der Waals surface area contributed by atoms with E-state index >= 15 is 0 Å². The van der Waals surface area contributed by atoms with E-state index < -0.39 is 59.9 Å². The first-order valence-electron chi connectivity index (χ1n) is 11.4. The van der Waals surface area contributed by atoms with Gasteiger partial charge in [0.15, 0.2) is 5.96 Å². The standard InChI is InChI=1S/C21H41N7O6/c1-6-11(4)14(22)17(30)28-16(12(5)29)19(32)27-15(10(2)3)18(31)26-13(20(33)34)8-7-9-25-21(23)24/h10-16,29H,6-9,22H2,1-5H3,(H,26,31)(H,27,32)(H,28,30)(H,33,34)(H4,23,24,25). The molecule has 11 N–H and O–H groups in total. The Hall–Kier alpha value is -2.93. The van der Waals surface area contributed by atoms with Crippen molar-refractivity contribution in [2.45, 2.75) is 84.2 Å². The minimum absolute atomic E-state index is 0.0659. The molecule has 13 nitrogen and oxygen atoms in total. The number of guanidine groups is 1. The molecular formula is C21H41N7O6. The summed E-state index contributed by atoms with van der Waals surface area (Å²) in [4.78, 5) is 53.4. The first-order chi connectivity index (χ1) is 15.7. The fourth-order valence-corrected chi connectivity index (χ4v) is 2.97. The van der Waals surface area contributed by atoms with Crippen molar-refractivity contribution in [2.24, 2.45) is 34.0 Å². The van der Waals surface area contributed by atoms with E-state index in [4.69, 9.17) is 17.2 Å². The Morgan fingerprint density at radius 1 is 0.912 bits per heavy atom. The molecule has 0 radical (unpaired) electrons. The Morgan fingerprint density at radius 2 is 1.44 bits per heavy atom. The SMILES string of the molecule is CCC(C)C(N)C(=O)NC(C(=O)NC(C(=O)NC(CCCN=C(N)N)C(=O)O)C(C)C)C(C)O. The summed E-state index contributed by atoms with van der Waals surface area (Å²) in [7, 11) is 0. The molecule has 196 valence electrons. The van der Waals surface area contributed by atoms with Crippen molar-refractivity contribution in [3.63, 3.8) is 0 Å². The second kappa shape index (κ2) is 15.1. The number of rotatable bonds is 15. The van der Waals surface area contributed by atoms with E-state index in [9.17, 15) is 29.4 Å². The maximum absolute atomic E-state index is 12.8. The zero-order chi connectivity index (χ0) is 26.6. The summed E-state index contributed by atoms with van der Waals surface area (Å²) in [5, 5.41) is 26.8. The van der Waals surface area contributed by atoms with E-state index in [1.54, 1.807) is 20.8 Å². The number of carbonyl (C=O) groups is 4. The molecule has 0 aliphatic rings. The predicted octanol–water partition coefficient (Wildman–Crippen LogP) is -2.01. The molecule has 6 unspecified atom stereocenters. The summed E-state index contributed by atoms with van der Waals surface area (Å²) in [5.74, 6) is -4.06. The number of hydrogen-bond acceptors (Lipinski definition) is 7. The predicted molar refractivity (Wildman–Crippen MR) is 127 cm³/mol. The summed E-state index contributed by atoms with van der Waals surface area (Å²) in [6.07, 6.45) is -0.255. The molecule has 13 heteroatoms. The van der Waals surface area contributed by atoms with Crippen molar-refractivity contribution in [3.05, 3.63) is 0 Å². The highest BCUT2D eigenvalue weighted by Crippen LogP contribution is 2.08. The van der Waals surface area contributed by atoms with Crippen molar-refractivity contribution in [1.29, 1.82) is 0 Å². The highest BCUT2D eigenvalue weighted by atomic mass is 16.4. The molecule has 0 aromatic carbocycles. The van der Waals surface area contributed by atoms with Gasteiger partial charge in [-0.1, -0.05) is 34.1 Å². The number of nitrogens with one attached hydrogen (secondary N) is 3. The van der Waals surface area contributed by atoms with Crippen LogP contribution in [0.3, 0.4) is 0 Å². The number of aliphatic hydroxyl groups is 1. The van der Waals surface area contributed by atoms with Gasteiger partial charge >= 0.3 is 5.97 Å². The van der Waals surface area contributed by atoms with Crippen LogP contribution in [0, 0.1) is 11.8 Å². The molecule has 0 aromatic rings. The summed E-state index contributed by atoms with van der Waals surface area (Å²) in [6.45, 7) is 8.49. The van der Waals surface area contributed by atoms with Gasteiger partial charge in [-0.3, -0.25) is 19.4 Å². The highest BCUT2D eigenvalue weighted by Gasteiger charge is 2.34. The number of aliphatic hydroxyl groups excluding tert-OH is 1. The Labute approximate surface area is 200 Å². The molecule has 0 bridgehead atoms. The highest BCUT2D eigenvalue weighted by molar-refractivity contribution is 5.94. The van der Waals surface area contributed by atoms with Crippen LogP contribution in [0.4, 0.5) is 0 Å². The van der Waals surface area contributed by atoms with Crippen molar-refractivity contribution < 1.29 is 29.4 Å². The molecule has 0 saturated heterocycles. The molecular weight excluding hydrogens is 446 g/mol. The lowest BCUT2D eigenvalue weighted by Gasteiger charge is -2.28. The molecule has 0 saturated carbocycles. The van der Waals surface area contributed by atoms with Crippen molar-refractivity contribution in [2.75, 3.05) is 6.54 Å². The van der Waals surface area contributed by atoms with Gasteiger partial charge in [-0.15, -0.1) is 0 Å². The lowest BCUT2D eigenvalue weighted by molar-refractivity contribution is -0.143. The van der Waals surface area contributed by atoms with Crippen LogP contribution < -0.4 is 33.2 Å². The summed E-state index contributed by atoms with van der Waals surface area (Å²) in [5.41, 5.74) is 16.4. The molecule has 3 amide bonds. The number of aliphatic imine (C=N–C) groups is 1. The van der Waals surface area contributed by atoms with E-state index in [0.29, 0.717) is 12.8 Å². The maximum Gasteiger partial charge on any atom is 0.326 e. The van der Waals surface area contributed by atoms with Crippen LogP contribution in [0.5, 0.6) is 0 Å². The maximum atomic E-state index is 12.8. The van der Waals surface area contributed by atoms with Crippen molar-refractivity contribution in [3.8, 4) is 0 Å². The zero-order valence-electron chi connectivity index (χ0n) is 20.6. The number of carboxylic acids is 1. The molecule has 0 fully saturated rings. The molecule has 0 spiro atoms. The number of carboxylic acid groups (broad SMARTS) is 1. The van der Waals surface area contributed by atoms with E-state index in [0.717, 1.165) is 0 Å². The second-order valence-corrected chi connectivity index (χ2v) is 8.72. The smallest absolute Gasteiger partial charge is 0.326 e. The summed E-state index contributed by atoms with van der Waals surface area (Å²) in [6, 6.07) is -4.57. The third-order valence-electron chi connectivity index (χ3n) is 5.43. The van der Waals surface area contributed by atoms with Gasteiger partial charge in [0.1, 0.15) is 18.1 Å². The topological polar surface area (TPSA) is 235 Å². The minimum Gasteiger partial charge on any atom is -0.480 e. The van der Waals surface area contributed by atoms with E-state index in [1.807, 2.05) is 6.92 Å². The van der Waals surface area contributed by atoms with Gasteiger partial charge in [0.2, 0.25) is 17.7 Å². The van der Waals surface area contributed by atoms with Gasteiger partial charge in [0, 0.05) is 6.54 Å². The third-order valence-corrected chi connectivity index (χ3v) is 5.43. The van der Waals surface area contributed by atoms with Gasteiger partial charge in [0.25, 0.3) is 0 Å². The lowest BCUT2D eigenvalue weighted by Crippen LogP contribution is -2.61. The van der Waals surface area contributed by atoms with Crippen LogP contribution in [0.1, 0.15) is 53.9 Å². The normalized spacial score (nSPS) is 16.4. The first-order valence-corrected chi connectivity index (χ1v) is 11.4. The Kier molecular flexibility index (Phi) is 13.8. The Morgan fingerprint density at radius 3 is 1.88 bits per heavy atom. The molecule has 0 heterocycles. The van der Waals surface area contributed by atoms with Crippen LogP contribution in [0.25, 0.3) is 0 Å². The number of aliphatic carboxylic acids is 1. The fraction of sp³-hybridized carbons (Fsp3) is 0.762. The number of amides is 3. The van der Waals surface area contributed by atoms with Crippen molar-refractivity contribution >= 4 is 29.7 Å². The van der Waals surface area contributed by atoms with Crippen LogP contribution in [0.15, 0.2) is 4.99 Å². The van der Waals surface area contributed by atoms with E-state index in [-0.39, 0.29) is 24.8 Å². The lowest BCUT2D eigenvalue weighted by atomic mass is 9.98. The number of carbonyl (C=O) groups excluding carboxylic acids is 3. The first kappa shape index (κ1) is 31.1. The molecule has 0 rings (SSSR count). The quantitative estimate of drug-likeness (QED) is 0.0722. The summed E-state index contributed by atoms with van der Waals surface area (Å²) < 4.78 is 0. The van der Waals surface area contributed by atoms with Crippen molar-refractivity contribution in [1.82, 2.24) is 16.0 Å². The van der Waals surface area contributed by atoms with E-state index in [1.165, 1.54) is 6.92 Å². The van der Waals surface area contributed by atoms with Gasteiger partial charge < -0.3 is 43.4 Å². The number of nitrogens with zero attached hydrogens (tertiary/aromatic N) is 1. The van der Waals surface area contributed by atoms with Crippen LogP contribution >= 0.6 is 0 Å². The summed E-state index contributed by atoms with van der Waals surface area (Å²) >= 11 is 0. The Bertz CT molecular complexity index is 724. The average molecular weight is 488 g/mol. The molecule has 6 atom stereocenters. The zero-order valence-corrected chi connectivity index (χ0v) is 20.6. The third kappa shape index (κ3) is 10.8. The van der Waals surface area contributed by atoms with Crippen LogP contribution in [0.2, 0.25) is 0 Å². The number of nitrogens with two attached hydrogens (primary N) is 3. The monoisotopic (exact) mass is 487 g/mol. The van der Waals surface area contributed by atoms with Gasteiger partial charge in [-0.05, 0) is 31.6 Å². The minimum atomic E-state index is -1.36. The second-order valence-electron chi connectivity index (χ2n) is 8.72. The Balaban J connectivity index is 5.33.